The van der Waals surface area contributed by atoms with Gasteiger partial charge in [-0.3, -0.25) is 14.4 Å². The molecule has 0 aromatic heterocycles. The molecule has 0 saturated heterocycles. The number of aliphatic carboxylic acids is 1. The topological polar surface area (TPSA) is 93.1 Å². The van der Waals surface area contributed by atoms with Crippen molar-refractivity contribution in [3.05, 3.63) is 101 Å². The molecular formula is C29H23NO6. The average Bonchev–Trinajstić information content (AvgIpc) is 3.14. The quantitative estimate of drug-likeness (QED) is 0.346. The van der Waals surface area contributed by atoms with E-state index in [2.05, 4.69) is 0 Å². The van der Waals surface area contributed by atoms with Crippen LogP contribution in [0.25, 0.3) is 10.8 Å². The molecule has 1 N–H and O–H groups in total. The molecule has 0 atom stereocenters. The van der Waals surface area contributed by atoms with Gasteiger partial charge in [-0.05, 0) is 47.7 Å². The highest BCUT2D eigenvalue weighted by atomic mass is 16.5. The summed E-state index contributed by atoms with van der Waals surface area (Å²) in [6.45, 7) is 2.45. The van der Waals surface area contributed by atoms with Crippen LogP contribution in [0.2, 0.25) is 0 Å². The van der Waals surface area contributed by atoms with Crippen LogP contribution in [0.4, 0.5) is 5.69 Å². The summed E-state index contributed by atoms with van der Waals surface area (Å²) < 4.78 is 11.9. The Labute approximate surface area is 207 Å². The number of hydrogen-bond donors (Lipinski definition) is 1. The maximum absolute atomic E-state index is 13.8. The van der Waals surface area contributed by atoms with Crippen LogP contribution in [0.5, 0.6) is 11.5 Å². The van der Waals surface area contributed by atoms with Crippen molar-refractivity contribution in [3.8, 4) is 11.5 Å². The van der Waals surface area contributed by atoms with Crippen LogP contribution in [0.3, 0.4) is 0 Å². The first-order valence-electron chi connectivity index (χ1n) is 11.6. The lowest BCUT2D eigenvalue weighted by atomic mass is 9.98. The van der Waals surface area contributed by atoms with E-state index in [1.165, 1.54) is 0 Å². The van der Waals surface area contributed by atoms with Gasteiger partial charge in [0, 0.05) is 5.39 Å². The smallest absolute Gasteiger partial charge is 0.307 e. The fourth-order valence-electron chi connectivity index (χ4n) is 4.44. The molecule has 7 heteroatoms. The second-order valence-electron chi connectivity index (χ2n) is 8.37. The van der Waals surface area contributed by atoms with E-state index in [1.54, 1.807) is 36.4 Å². The summed E-state index contributed by atoms with van der Waals surface area (Å²) in [5.74, 6) is -1.11. The summed E-state index contributed by atoms with van der Waals surface area (Å²) in [5, 5.41) is 10.3. The molecule has 7 nitrogen and oxygen atoms in total. The second kappa shape index (κ2) is 9.54. The van der Waals surface area contributed by atoms with Crippen molar-refractivity contribution in [3.63, 3.8) is 0 Å². The van der Waals surface area contributed by atoms with E-state index in [0.29, 0.717) is 41.3 Å². The lowest BCUT2D eigenvalue weighted by Crippen LogP contribution is -2.29. The number of carboxylic acid groups (broad SMARTS) is 1. The van der Waals surface area contributed by atoms with Gasteiger partial charge in [-0.25, -0.2) is 4.90 Å². The Bertz CT molecular complexity index is 1480. The molecule has 0 fully saturated rings. The number of carboxylic acids is 1. The van der Waals surface area contributed by atoms with E-state index in [0.717, 1.165) is 15.8 Å². The number of benzene rings is 4. The van der Waals surface area contributed by atoms with Crippen LogP contribution >= 0.6 is 0 Å². The third-order valence-electron chi connectivity index (χ3n) is 6.01. The van der Waals surface area contributed by atoms with Crippen LogP contribution in [0, 0.1) is 0 Å². The van der Waals surface area contributed by atoms with E-state index in [1.807, 2.05) is 49.4 Å². The number of imide groups is 1. The molecule has 36 heavy (non-hydrogen) atoms. The van der Waals surface area contributed by atoms with Gasteiger partial charge in [-0.15, -0.1) is 0 Å². The average molecular weight is 482 g/mol. The van der Waals surface area contributed by atoms with Crippen LogP contribution in [-0.2, 0) is 17.8 Å². The van der Waals surface area contributed by atoms with Crippen molar-refractivity contribution in [2.45, 2.75) is 20.0 Å². The number of rotatable bonds is 8. The normalized spacial score (nSPS) is 12.6. The molecule has 0 spiro atoms. The SMILES string of the molecule is CCOc1cc2cccc(OCc3ccccc3)c2c2c1C(=O)N(c1ccc(CC(=O)O)cc1)C2=O. The third-order valence-corrected chi connectivity index (χ3v) is 6.01. The molecule has 4 aromatic rings. The number of anilines is 1. The molecule has 0 bridgehead atoms. The van der Waals surface area contributed by atoms with Gasteiger partial charge in [-0.2, -0.15) is 0 Å². The second-order valence-corrected chi connectivity index (χ2v) is 8.37. The van der Waals surface area contributed by atoms with E-state index < -0.39 is 17.8 Å². The molecule has 1 heterocycles. The van der Waals surface area contributed by atoms with E-state index >= 15 is 0 Å². The Morgan fingerprint density at radius 2 is 1.53 bits per heavy atom. The highest BCUT2D eigenvalue weighted by Crippen LogP contribution is 2.42. The fraction of sp³-hybridized carbons (Fsp3) is 0.138. The van der Waals surface area contributed by atoms with Crippen molar-refractivity contribution >= 4 is 34.2 Å². The highest BCUT2D eigenvalue weighted by molar-refractivity contribution is 6.39. The van der Waals surface area contributed by atoms with Gasteiger partial charge < -0.3 is 14.6 Å². The number of fused-ring (bicyclic) bond motifs is 3. The molecule has 0 saturated carbocycles. The number of nitrogens with zero attached hydrogens (tertiary/aromatic N) is 1. The Kier molecular flexibility index (Phi) is 6.12. The van der Waals surface area contributed by atoms with Crippen LogP contribution in [-0.4, -0.2) is 29.5 Å². The maximum atomic E-state index is 13.8. The number of carbonyl (C=O) groups is 3. The highest BCUT2D eigenvalue weighted by Gasteiger charge is 2.41. The molecule has 1 aliphatic rings. The van der Waals surface area contributed by atoms with E-state index in [4.69, 9.17) is 14.6 Å². The minimum absolute atomic E-state index is 0.149. The summed E-state index contributed by atoms with van der Waals surface area (Å²) in [7, 11) is 0. The predicted molar refractivity (Wildman–Crippen MR) is 135 cm³/mol. The van der Waals surface area contributed by atoms with Crippen molar-refractivity contribution < 1.29 is 29.0 Å². The molecule has 5 rings (SSSR count). The molecule has 0 aliphatic carbocycles. The van der Waals surface area contributed by atoms with Gasteiger partial charge in [0.2, 0.25) is 0 Å². The molecule has 2 amide bonds. The van der Waals surface area contributed by atoms with Gasteiger partial charge in [0.1, 0.15) is 18.1 Å². The largest absolute Gasteiger partial charge is 0.493 e. The summed E-state index contributed by atoms with van der Waals surface area (Å²) in [4.78, 5) is 39.5. The van der Waals surface area contributed by atoms with Crippen LogP contribution in [0.1, 0.15) is 38.8 Å². The monoisotopic (exact) mass is 481 g/mol. The fourth-order valence-corrected chi connectivity index (χ4v) is 4.44. The number of amides is 2. The van der Waals surface area contributed by atoms with Crippen molar-refractivity contribution in [2.75, 3.05) is 11.5 Å². The summed E-state index contributed by atoms with van der Waals surface area (Å²) in [5.41, 5.74) is 2.33. The lowest BCUT2D eigenvalue weighted by Gasteiger charge is -2.14. The van der Waals surface area contributed by atoms with Crippen molar-refractivity contribution in [2.24, 2.45) is 0 Å². The van der Waals surface area contributed by atoms with Gasteiger partial charge in [0.15, 0.2) is 0 Å². The van der Waals surface area contributed by atoms with Gasteiger partial charge in [-0.1, -0.05) is 54.6 Å². The number of carbonyl (C=O) groups excluding carboxylic acids is 2. The Balaban J connectivity index is 1.61. The molecular weight excluding hydrogens is 458 g/mol. The minimum atomic E-state index is -0.959. The zero-order valence-corrected chi connectivity index (χ0v) is 19.6. The maximum Gasteiger partial charge on any atom is 0.307 e. The minimum Gasteiger partial charge on any atom is -0.493 e. The van der Waals surface area contributed by atoms with Gasteiger partial charge in [0.25, 0.3) is 11.8 Å². The van der Waals surface area contributed by atoms with Crippen molar-refractivity contribution in [1.29, 1.82) is 0 Å². The zero-order valence-electron chi connectivity index (χ0n) is 19.6. The molecule has 0 radical (unpaired) electrons. The Morgan fingerprint density at radius 1 is 0.806 bits per heavy atom. The summed E-state index contributed by atoms with van der Waals surface area (Å²) >= 11 is 0. The summed E-state index contributed by atoms with van der Waals surface area (Å²) in [6, 6.07) is 23.3. The van der Waals surface area contributed by atoms with Crippen LogP contribution in [0.15, 0.2) is 78.9 Å². The van der Waals surface area contributed by atoms with E-state index in [9.17, 15) is 14.4 Å². The molecule has 1 aliphatic heterocycles. The number of hydrogen-bond acceptors (Lipinski definition) is 5. The van der Waals surface area contributed by atoms with Crippen LogP contribution < -0.4 is 14.4 Å². The van der Waals surface area contributed by atoms with Crippen molar-refractivity contribution in [1.82, 2.24) is 0 Å². The first-order valence-corrected chi connectivity index (χ1v) is 11.6. The third kappa shape index (κ3) is 4.15. The molecule has 0 unspecified atom stereocenters. The Hall–Kier alpha value is -4.65. The first kappa shape index (κ1) is 23.1. The lowest BCUT2D eigenvalue weighted by molar-refractivity contribution is -0.136. The van der Waals surface area contributed by atoms with Gasteiger partial charge >= 0.3 is 5.97 Å². The zero-order chi connectivity index (χ0) is 25.2. The molecule has 4 aromatic carbocycles. The Morgan fingerprint density at radius 3 is 2.22 bits per heavy atom. The molecule has 180 valence electrons. The predicted octanol–water partition coefficient (Wildman–Crippen LogP) is 5.25. The number of ether oxygens (including phenoxy) is 2. The van der Waals surface area contributed by atoms with Gasteiger partial charge in [0.05, 0.1) is 29.8 Å². The summed E-state index contributed by atoms with van der Waals surface area (Å²) in [6.07, 6.45) is -0.149. The van der Waals surface area contributed by atoms with E-state index in [-0.39, 0.29) is 17.5 Å². The standard InChI is InChI=1S/C29H23NO6/c1-2-35-23-16-20-9-6-10-22(36-17-19-7-4-3-5-8-19)25(20)27-26(23)28(33)30(29(27)34)21-13-11-18(12-14-21)15-24(31)32/h3-14,16H,2,15,17H2,1H3,(H,31,32). The first-order chi connectivity index (χ1) is 17.5.